The molecule has 121 heavy (non-hydrogen) atoms. The van der Waals surface area contributed by atoms with Crippen LogP contribution in [0.4, 0.5) is 35.1 Å². The first kappa shape index (κ1) is 103. The van der Waals surface area contributed by atoms with Crippen molar-refractivity contribution in [1.82, 2.24) is 58.1 Å². The van der Waals surface area contributed by atoms with Crippen molar-refractivity contribution in [1.29, 1.82) is 0 Å². The molecule has 28 N–H and O–H groups in total. The Bertz CT molecular complexity index is 5610. The lowest BCUT2D eigenvalue weighted by Crippen LogP contribution is -2.35. The predicted molar refractivity (Wildman–Crippen MR) is 365 cm³/mol. The Hall–Kier alpha value is -5.10. The van der Waals surface area contributed by atoms with E-state index in [9.17, 15) is 132 Å². The molecule has 4 aliphatic heterocycles. The zero-order chi connectivity index (χ0) is 91.6. The molecule has 0 bridgehead atoms. The highest BCUT2D eigenvalue weighted by Crippen LogP contribution is 2.70. The number of aromatic amines is 2. The van der Waals surface area contributed by atoms with E-state index in [1.54, 1.807) is 0 Å². The fraction of sp³-hybridized carbons (Fsp3) is 0.526. The number of ether oxygens (including phenoxy) is 4. The molecule has 6 aromatic heterocycles. The molecule has 4 fully saturated rings. The third-order valence-corrected chi connectivity index (χ3v) is 29.3. The van der Waals surface area contributed by atoms with E-state index < -0.39 is 241 Å². The largest absolute Gasteiger partial charge is 0.490 e. The molecule has 686 valence electrons. The maximum atomic E-state index is 14.6. The number of alkyl halides is 4. The van der Waals surface area contributed by atoms with E-state index in [4.69, 9.17) is 94.9 Å². The van der Waals surface area contributed by atoms with Crippen LogP contribution in [-0.2, 0) is 126 Å². The van der Waals surface area contributed by atoms with Crippen LogP contribution in [0.15, 0.2) is 62.7 Å². The van der Waals surface area contributed by atoms with E-state index in [1.807, 2.05) is 4.98 Å². The number of phosphoric ester groups is 4. The first-order valence-corrected chi connectivity index (χ1v) is 48.4. The van der Waals surface area contributed by atoms with E-state index in [1.165, 1.54) is 0 Å². The molecular weight excluding hydrogens is 1950 g/mol. The summed E-state index contributed by atoms with van der Waals surface area (Å²) >= 11 is 0. The number of H-pyrrole nitrogens is 2. The van der Waals surface area contributed by atoms with Gasteiger partial charge in [0.05, 0.1) is 39.1 Å². The quantitative estimate of drug-likeness (QED) is 0.0139. The van der Waals surface area contributed by atoms with E-state index >= 15 is 0 Å². The summed E-state index contributed by atoms with van der Waals surface area (Å²) in [6.45, 7) is -4.35. The summed E-state index contributed by atoms with van der Waals surface area (Å²) < 4.78 is 261. The number of hydrogen-bond donors (Lipinski definition) is 25. The molecule has 0 radical (unpaired) electrons. The third-order valence-electron chi connectivity index (χ3n) is 14.1. The Morgan fingerprint density at radius 1 is 0.388 bits per heavy atom. The lowest BCUT2D eigenvalue weighted by molar-refractivity contribution is -0.0482. The fourth-order valence-electron chi connectivity index (χ4n) is 9.58. The number of hydrogen-bond acceptors (Lipinski definition) is 45. The number of anilines is 3. The molecule has 4 saturated heterocycles. The van der Waals surface area contributed by atoms with Crippen LogP contribution in [0.25, 0.3) is 22.3 Å². The predicted octanol–water partition coefficient (Wildman–Crippen LogP) is -4.77. The number of fused-ring (bicyclic) bond motifs is 2. The second-order valence-corrected chi connectivity index (χ2v) is 40.6. The number of nitrogens with two attached hydrogens (primary N) is 3. The summed E-state index contributed by atoms with van der Waals surface area (Å²) in [7, 11) is -67.3. The third kappa shape index (κ3) is 30.0. The van der Waals surface area contributed by atoms with Crippen LogP contribution < -0.4 is 39.7 Å². The zero-order valence-electron chi connectivity index (χ0n) is 57.7. The van der Waals surface area contributed by atoms with Crippen molar-refractivity contribution in [2.75, 3.05) is 43.6 Å². The molecule has 10 rings (SSSR count). The van der Waals surface area contributed by atoms with E-state index in [0.29, 0.717) is 9.13 Å². The lowest BCUT2D eigenvalue weighted by atomic mass is 10.1. The first-order chi connectivity index (χ1) is 55.0. The number of phosphoric acid groups is 12. The molecule has 4 aliphatic rings. The number of nitrogens with zero attached hydrogens (tertiary/aromatic N) is 10. The van der Waals surface area contributed by atoms with Crippen LogP contribution in [0.5, 0.6) is 0 Å². The van der Waals surface area contributed by atoms with Gasteiger partial charge in [0.1, 0.15) is 66.5 Å². The van der Waals surface area contributed by atoms with Gasteiger partial charge in [0.25, 0.3) is 11.1 Å². The van der Waals surface area contributed by atoms with Gasteiger partial charge < -0.3 is 135 Å². The number of rotatable bonds is 32. The summed E-state index contributed by atoms with van der Waals surface area (Å²) in [6.07, 6.45) is -24.7. The Kier molecular flexibility index (Phi) is 33.4. The number of nitrogens with one attached hydrogen (secondary N) is 2. The molecule has 0 aromatic carbocycles. The average Bonchev–Trinajstić information content (AvgIpc) is 1.61. The Labute approximate surface area is 659 Å². The summed E-state index contributed by atoms with van der Waals surface area (Å²) in [6, 6.07) is 2.01. The highest BCUT2D eigenvalue weighted by atomic mass is 31.3. The number of aliphatic hydroxyl groups excluding tert-OH is 4. The van der Waals surface area contributed by atoms with Gasteiger partial charge in [0, 0.05) is 18.5 Å². The van der Waals surface area contributed by atoms with Gasteiger partial charge in [-0.2, -0.15) is 44.5 Å². The minimum Gasteiger partial charge on any atom is -0.387 e. The molecule has 0 aliphatic carbocycles. The highest BCUT2D eigenvalue weighted by molar-refractivity contribution is 7.68. The second-order valence-electron chi connectivity index (χ2n) is 23.0. The number of nitrogen functional groups attached to an aromatic ring is 3. The van der Waals surface area contributed by atoms with Gasteiger partial charge in [-0.1, -0.05) is 0 Å². The topological polar surface area (TPSA) is 1030 Å². The van der Waals surface area contributed by atoms with Crippen LogP contribution in [0.2, 0.25) is 0 Å². The maximum absolute atomic E-state index is 14.6. The average molecular weight is 2010 g/mol. The standard InChI is InChI=1S/C10H15FN5O13P3.C10H15FN5O12P3.C9H15FN3O13P3.C9H14FN2O14P3/c11-4-6(17)3(1-26-31(22,23)29-32(24,25)28-30(19,20)21)27-9(4)16-2-13-5-7(16)14-10(12)15-8(5)18;11-5-7(17)4(1-25-30(21,22)28-31(23,24)27-29(18,19)20)26-10(5)16-3-15-6-8(12)13-2-14-9(6)16;10-6-7(14)4(24-8(6)13-2-1-5(11)12-9(13)15)3-23-28(19,20)26-29(21,22)25-27(16,17)18;10-6-7(14)4(24-8(6)12-2-1-5(13)11-9(12)15)3-23-28(19,20)26-29(21,22)25-27(16,17)18/h2-4,6,9,17H,1H2,(H,22,23)(H,24,25)(H2,19,20,21)(H3,12,14,15,18);2-5,7,10,17H,1H2,(H,21,22)(H,23,24)(H2,12,13,14)(H2,18,19,20);1-2,4,6-8,14H,3H2,(H,19,20)(H,21,22)(H2,11,12,15)(H2,16,17,18);1-2,4,6-8,14H,3H2,(H,19,20)(H,21,22)(H,11,13,15)(H2,16,17,18)/t3-,4-,6-,9-;4-,5-,7-,10-;2*4-,6-,7-,8-/m1111/s1. The molecule has 0 spiro atoms. The molecular formula is C38H59F4N15O52P12. The van der Waals surface area contributed by atoms with Gasteiger partial charge >= 0.3 is 105 Å². The minimum atomic E-state index is -5.76. The second kappa shape index (κ2) is 39.2. The number of aromatic nitrogens is 12. The molecule has 67 nitrogen and oxygen atoms in total. The van der Waals surface area contributed by atoms with E-state index in [-0.39, 0.29) is 39.9 Å². The lowest BCUT2D eigenvalue weighted by Gasteiger charge is -2.19. The molecule has 0 saturated carbocycles. The van der Waals surface area contributed by atoms with Gasteiger partial charge in [-0.15, -0.1) is 0 Å². The van der Waals surface area contributed by atoms with Crippen LogP contribution in [-0.4, -0.2) is 257 Å². The van der Waals surface area contributed by atoms with Crippen LogP contribution in [0.1, 0.15) is 24.9 Å². The van der Waals surface area contributed by atoms with Crippen LogP contribution in [0, 0.1) is 0 Å². The van der Waals surface area contributed by atoms with Crippen LogP contribution in [0.3, 0.4) is 0 Å². The maximum Gasteiger partial charge on any atom is 0.490 e. The van der Waals surface area contributed by atoms with E-state index in [0.717, 1.165) is 52.6 Å². The van der Waals surface area contributed by atoms with Crippen molar-refractivity contribution in [2.45, 2.75) is 98.4 Å². The number of aliphatic hydroxyl groups is 4. The molecule has 6 aromatic rings. The van der Waals surface area contributed by atoms with Crippen molar-refractivity contribution < 1.29 is 243 Å². The first-order valence-electron chi connectivity index (χ1n) is 30.3. The van der Waals surface area contributed by atoms with Crippen molar-refractivity contribution in [3.05, 3.63) is 85.2 Å². The molecule has 10 heterocycles. The SMILES string of the molecule is Nc1ccn([C@@H]2O[C@H](COP(=O)(O)OP(=O)(O)OP(=O)(O)O)[C@@H](O)[C@H]2F)c(=O)n1.Nc1nc2c(ncn2[C@@H]2O[C@H](COP(=O)(O)OP(=O)(O)OP(=O)(O)O)[C@@H](O)[C@H]2F)c(=O)[nH]1.Nc1ncnc2c1ncn2[C@@H]1O[C@H](COP(=O)(O)OP(=O)(O)OP(=O)(O)O)[C@@H](O)[C@H]1F.O=c1ccn([C@@H]2O[C@H](COP(=O)(O)OP(=O)(O)OP(=O)(O)O)[C@@H](O)[C@H]2F)c(=O)[nH]1. The summed E-state index contributed by atoms with van der Waals surface area (Å²) in [5, 5.41) is 39.7. The van der Waals surface area contributed by atoms with Crippen molar-refractivity contribution >= 4 is 134 Å². The Morgan fingerprint density at radius 3 is 1.03 bits per heavy atom. The molecule has 8 unspecified atom stereocenters. The van der Waals surface area contributed by atoms with Gasteiger partial charge in [-0.25, -0.2) is 102 Å². The summed E-state index contributed by atoms with van der Waals surface area (Å²) in [5.74, 6) is -0.478. The zero-order valence-corrected chi connectivity index (χ0v) is 68.4. The molecule has 0 amide bonds. The summed E-state index contributed by atoms with van der Waals surface area (Å²) in [4.78, 5) is 214. The van der Waals surface area contributed by atoms with Crippen molar-refractivity contribution in [3.63, 3.8) is 0 Å². The monoisotopic (exact) mass is 2000 g/mol. The van der Waals surface area contributed by atoms with Gasteiger partial charge in [0.2, 0.25) is 5.95 Å². The molecule has 83 heteroatoms. The van der Waals surface area contributed by atoms with Gasteiger partial charge in [-0.05, 0) is 6.07 Å². The van der Waals surface area contributed by atoms with Gasteiger partial charge in [-0.3, -0.25) is 55.9 Å². The smallest absolute Gasteiger partial charge is 0.387 e. The number of halogens is 4. The normalized spacial score (nSPS) is 28.7. The summed E-state index contributed by atoms with van der Waals surface area (Å²) in [5.41, 5.74) is 12.5. The minimum absolute atomic E-state index is 0.00177. The molecule has 24 atom stereocenters. The van der Waals surface area contributed by atoms with Crippen molar-refractivity contribution in [3.8, 4) is 0 Å². The Morgan fingerprint density at radius 2 is 0.702 bits per heavy atom. The van der Waals surface area contributed by atoms with Crippen LogP contribution >= 0.6 is 93.9 Å². The van der Waals surface area contributed by atoms with Crippen molar-refractivity contribution in [2.24, 2.45) is 0 Å². The van der Waals surface area contributed by atoms with E-state index in [2.05, 4.69) is 87.5 Å². The highest BCUT2D eigenvalue weighted by Gasteiger charge is 2.53. The fourth-order valence-corrected chi connectivity index (χ4v) is 21.7. The number of imidazole rings is 2. The Balaban J connectivity index is 0.000000222. The van der Waals surface area contributed by atoms with Gasteiger partial charge in [0.15, 0.2) is 72.2 Å².